The molecule has 0 saturated heterocycles. The number of carbonyl (C=O) groups is 2. The highest BCUT2D eigenvalue weighted by molar-refractivity contribution is 5.93. The van der Waals surface area contributed by atoms with E-state index in [9.17, 15) is 22.8 Å². The van der Waals surface area contributed by atoms with Crippen molar-refractivity contribution in [1.29, 1.82) is 0 Å². The third-order valence-corrected chi connectivity index (χ3v) is 2.35. The Hall–Kier alpha value is -2.25. The Morgan fingerprint density at radius 1 is 1.37 bits per heavy atom. The highest BCUT2D eigenvalue weighted by Gasteiger charge is 2.44. The average Bonchev–Trinajstić information content (AvgIpc) is 2.27. The fourth-order valence-electron chi connectivity index (χ4n) is 1.35. The number of carboxylic acids is 1. The molecule has 0 aliphatic rings. The molecule has 0 aromatic heterocycles. The molecule has 0 spiro atoms. The first-order chi connectivity index (χ1) is 8.71. The van der Waals surface area contributed by atoms with Gasteiger partial charge in [0.1, 0.15) is 0 Å². The minimum atomic E-state index is -4.85. The second-order valence-electron chi connectivity index (χ2n) is 3.76. The number of amides is 1. The zero-order valence-electron chi connectivity index (χ0n) is 9.57. The average molecular weight is 276 g/mol. The van der Waals surface area contributed by atoms with E-state index in [2.05, 4.69) is 5.32 Å². The number of carboxylic acid groups (broad SMARTS) is 1. The SMILES string of the molecule is NC(=O)c1cccc(NCC(C(=O)O)C(F)(F)F)c1. The molecule has 0 fully saturated rings. The zero-order chi connectivity index (χ0) is 14.6. The van der Waals surface area contributed by atoms with Gasteiger partial charge in [0, 0.05) is 17.8 Å². The van der Waals surface area contributed by atoms with E-state index >= 15 is 0 Å². The third-order valence-electron chi connectivity index (χ3n) is 2.35. The van der Waals surface area contributed by atoms with Gasteiger partial charge in [-0.2, -0.15) is 13.2 Å². The molecule has 1 rings (SSSR count). The first kappa shape index (κ1) is 14.8. The summed E-state index contributed by atoms with van der Waals surface area (Å²) in [6.07, 6.45) is -4.85. The maximum atomic E-state index is 12.4. The van der Waals surface area contributed by atoms with Gasteiger partial charge in [-0.3, -0.25) is 9.59 Å². The molecule has 0 heterocycles. The fourth-order valence-corrected chi connectivity index (χ4v) is 1.35. The predicted octanol–water partition coefficient (Wildman–Crippen LogP) is 1.46. The van der Waals surface area contributed by atoms with E-state index in [1.165, 1.54) is 24.3 Å². The van der Waals surface area contributed by atoms with Crippen LogP contribution in [0.25, 0.3) is 0 Å². The molecule has 5 nitrogen and oxygen atoms in total. The lowest BCUT2D eigenvalue weighted by Crippen LogP contribution is -2.36. The molecule has 0 bridgehead atoms. The van der Waals surface area contributed by atoms with E-state index in [1.54, 1.807) is 0 Å². The standard InChI is InChI=1S/C11H11F3N2O3/c12-11(13,14)8(10(18)19)5-16-7-3-1-2-6(4-7)9(15)17/h1-4,8,16H,5H2,(H2,15,17)(H,18,19). The van der Waals surface area contributed by atoms with Crippen LogP contribution in [0, 0.1) is 5.92 Å². The summed E-state index contributed by atoms with van der Waals surface area (Å²) in [5.41, 5.74) is 5.32. The molecule has 1 aromatic rings. The Kier molecular flexibility index (Phi) is 4.36. The number of primary amides is 1. The number of hydrogen-bond acceptors (Lipinski definition) is 3. The van der Waals surface area contributed by atoms with Crippen molar-refractivity contribution in [3.63, 3.8) is 0 Å². The Morgan fingerprint density at radius 2 is 2.00 bits per heavy atom. The highest BCUT2D eigenvalue weighted by atomic mass is 19.4. The summed E-state index contributed by atoms with van der Waals surface area (Å²) in [7, 11) is 0. The van der Waals surface area contributed by atoms with Crippen LogP contribution < -0.4 is 11.1 Å². The largest absolute Gasteiger partial charge is 0.481 e. The molecule has 8 heteroatoms. The van der Waals surface area contributed by atoms with Crippen LogP contribution >= 0.6 is 0 Å². The van der Waals surface area contributed by atoms with E-state index in [-0.39, 0.29) is 11.3 Å². The topological polar surface area (TPSA) is 92.4 Å². The molecule has 1 aromatic carbocycles. The van der Waals surface area contributed by atoms with E-state index in [4.69, 9.17) is 10.8 Å². The number of rotatable bonds is 5. The number of aliphatic carboxylic acids is 1. The molecule has 19 heavy (non-hydrogen) atoms. The molecule has 104 valence electrons. The second kappa shape index (κ2) is 5.59. The van der Waals surface area contributed by atoms with Gasteiger partial charge in [0.2, 0.25) is 5.91 Å². The number of hydrogen-bond donors (Lipinski definition) is 3. The molecule has 1 unspecified atom stereocenters. The van der Waals surface area contributed by atoms with Crippen molar-refractivity contribution in [3.8, 4) is 0 Å². The van der Waals surface area contributed by atoms with Crippen LogP contribution in [0.5, 0.6) is 0 Å². The van der Waals surface area contributed by atoms with E-state index in [0.717, 1.165) is 0 Å². The van der Waals surface area contributed by atoms with Gasteiger partial charge in [-0.05, 0) is 18.2 Å². The maximum absolute atomic E-state index is 12.4. The van der Waals surface area contributed by atoms with Gasteiger partial charge in [-0.15, -0.1) is 0 Å². The second-order valence-corrected chi connectivity index (χ2v) is 3.76. The molecule has 0 aliphatic heterocycles. The number of nitrogens with two attached hydrogens (primary N) is 1. The van der Waals surface area contributed by atoms with Crippen LogP contribution in [0.2, 0.25) is 0 Å². The van der Waals surface area contributed by atoms with Crippen LogP contribution in [0.1, 0.15) is 10.4 Å². The summed E-state index contributed by atoms with van der Waals surface area (Å²) in [6.45, 7) is -0.832. The van der Waals surface area contributed by atoms with Gasteiger partial charge >= 0.3 is 12.1 Å². The van der Waals surface area contributed by atoms with Crippen LogP contribution in [0.4, 0.5) is 18.9 Å². The number of anilines is 1. The predicted molar refractivity (Wildman–Crippen MR) is 60.6 cm³/mol. The summed E-state index contributed by atoms with van der Waals surface area (Å²) < 4.78 is 37.2. The molecule has 1 atom stereocenters. The molecule has 4 N–H and O–H groups in total. The van der Waals surface area contributed by atoms with Crippen LogP contribution in [-0.4, -0.2) is 29.7 Å². The van der Waals surface area contributed by atoms with Gasteiger partial charge in [-0.25, -0.2) is 0 Å². The normalized spacial score (nSPS) is 12.8. The lowest BCUT2D eigenvalue weighted by Gasteiger charge is -2.17. The number of nitrogens with one attached hydrogen (secondary N) is 1. The Bertz CT molecular complexity index is 488. The van der Waals surface area contributed by atoms with Gasteiger partial charge in [0.25, 0.3) is 0 Å². The zero-order valence-corrected chi connectivity index (χ0v) is 9.57. The van der Waals surface area contributed by atoms with E-state index in [0.29, 0.717) is 0 Å². The van der Waals surface area contributed by atoms with Crippen molar-refractivity contribution in [2.24, 2.45) is 11.7 Å². The van der Waals surface area contributed by atoms with Gasteiger partial charge in [-0.1, -0.05) is 6.07 Å². The number of benzene rings is 1. The quantitative estimate of drug-likeness (QED) is 0.759. The summed E-state index contributed by atoms with van der Waals surface area (Å²) in [5, 5.41) is 10.8. The smallest absolute Gasteiger partial charge is 0.403 e. The lowest BCUT2D eigenvalue weighted by molar-refractivity contribution is -0.190. The molecular weight excluding hydrogens is 265 g/mol. The van der Waals surface area contributed by atoms with Crippen molar-refractivity contribution < 1.29 is 27.9 Å². The van der Waals surface area contributed by atoms with Gasteiger partial charge in [0.05, 0.1) is 0 Å². The maximum Gasteiger partial charge on any atom is 0.403 e. The number of carbonyl (C=O) groups excluding carboxylic acids is 1. The Morgan fingerprint density at radius 3 is 2.47 bits per heavy atom. The lowest BCUT2D eigenvalue weighted by atomic mass is 10.1. The molecule has 0 radical (unpaired) electrons. The van der Waals surface area contributed by atoms with Gasteiger partial charge < -0.3 is 16.2 Å². The van der Waals surface area contributed by atoms with Crippen LogP contribution in [0.15, 0.2) is 24.3 Å². The molecular formula is C11H11F3N2O3. The minimum Gasteiger partial charge on any atom is -0.481 e. The Balaban J connectivity index is 2.78. The third kappa shape index (κ3) is 4.16. The van der Waals surface area contributed by atoms with Crippen LogP contribution in [0.3, 0.4) is 0 Å². The number of halogens is 3. The minimum absolute atomic E-state index is 0.115. The van der Waals surface area contributed by atoms with E-state index < -0.39 is 30.5 Å². The van der Waals surface area contributed by atoms with Crippen molar-refractivity contribution in [3.05, 3.63) is 29.8 Å². The van der Waals surface area contributed by atoms with Crippen molar-refractivity contribution in [2.75, 3.05) is 11.9 Å². The first-order valence-corrected chi connectivity index (χ1v) is 5.15. The number of alkyl halides is 3. The Labute approximate surface area is 106 Å². The van der Waals surface area contributed by atoms with Crippen LogP contribution in [-0.2, 0) is 4.79 Å². The molecule has 0 saturated carbocycles. The monoisotopic (exact) mass is 276 g/mol. The fraction of sp³-hybridized carbons (Fsp3) is 0.273. The summed E-state index contributed by atoms with van der Waals surface area (Å²) in [5.74, 6) is -5.22. The molecule has 0 aliphatic carbocycles. The summed E-state index contributed by atoms with van der Waals surface area (Å²) >= 11 is 0. The van der Waals surface area contributed by atoms with E-state index in [1.807, 2.05) is 0 Å². The van der Waals surface area contributed by atoms with Gasteiger partial charge in [0.15, 0.2) is 5.92 Å². The van der Waals surface area contributed by atoms with Crippen molar-refractivity contribution >= 4 is 17.6 Å². The van der Waals surface area contributed by atoms with Crippen molar-refractivity contribution in [1.82, 2.24) is 0 Å². The summed E-state index contributed by atoms with van der Waals surface area (Å²) in [6, 6.07) is 5.47. The van der Waals surface area contributed by atoms with Crippen molar-refractivity contribution in [2.45, 2.75) is 6.18 Å². The molecule has 1 amide bonds. The first-order valence-electron chi connectivity index (χ1n) is 5.15. The highest BCUT2D eigenvalue weighted by Crippen LogP contribution is 2.26. The summed E-state index contributed by atoms with van der Waals surface area (Å²) in [4.78, 5) is 21.4.